The Morgan fingerprint density at radius 1 is 1.24 bits per heavy atom. The first-order valence-corrected chi connectivity index (χ1v) is 7.59. The Hall–Kier alpha value is -0.380. The van der Waals surface area contributed by atoms with Gasteiger partial charge in [-0.25, -0.2) is 0 Å². The van der Waals surface area contributed by atoms with Crippen molar-refractivity contribution in [2.75, 3.05) is 0 Å². The van der Waals surface area contributed by atoms with Crippen molar-refractivity contribution in [3.8, 4) is 0 Å². The summed E-state index contributed by atoms with van der Waals surface area (Å²) >= 11 is 2.26. The van der Waals surface area contributed by atoms with Crippen molar-refractivity contribution in [2.24, 2.45) is 11.8 Å². The quantitative estimate of drug-likeness (QED) is 0.575. The zero-order chi connectivity index (χ0) is 12.3. The molecule has 0 N–H and O–H groups in total. The molecule has 0 radical (unpaired) electrons. The molecule has 1 fully saturated rings. The molecule has 0 bridgehead atoms. The lowest BCUT2D eigenvalue weighted by Gasteiger charge is -2.27. The van der Waals surface area contributed by atoms with E-state index in [4.69, 9.17) is 0 Å². The second-order valence-corrected chi connectivity index (χ2v) is 6.13. The predicted molar refractivity (Wildman–Crippen MR) is 79.2 cm³/mol. The Labute approximate surface area is 117 Å². The number of Topliss-reactive ketones (excluding diaryl/α,β-unsaturated/α-hetero) is 1. The summed E-state index contributed by atoms with van der Waals surface area (Å²) in [5, 5.41) is 0. The third kappa shape index (κ3) is 3.09. The van der Waals surface area contributed by atoms with Crippen molar-refractivity contribution in [1.82, 2.24) is 0 Å². The Balaban J connectivity index is 2.04. The molecular weight excluding hydrogens is 323 g/mol. The lowest BCUT2D eigenvalue weighted by atomic mass is 9.78. The van der Waals surface area contributed by atoms with Crippen LogP contribution in [0.2, 0.25) is 0 Å². The molecule has 0 saturated heterocycles. The van der Waals surface area contributed by atoms with Crippen LogP contribution >= 0.6 is 22.6 Å². The standard InChI is InChI=1S/C15H19IO/c1-2-11-7-9-12(10-8-11)15(17)13-5-3-4-6-14(13)16/h3-6,11-12H,2,7-10H2,1H3. The third-order valence-corrected chi connectivity index (χ3v) is 4.87. The number of carbonyl (C=O) groups is 1. The van der Waals surface area contributed by atoms with Crippen molar-refractivity contribution >= 4 is 28.4 Å². The van der Waals surface area contributed by atoms with Gasteiger partial charge in [0.15, 0.2) is 5.78 Å². The van der Waals surface area contributed by atoms with Gasteiger partial charge in [0.2, 0.25) is 0 Å². The van der Waals surface area contributed by atoms with Crippen molar-refractivity contribution < 1.29 is 4.79 Å². The van der Waals surface area contributed by atoms with Gasteiger partial charge in [-0.1, -0.05) is 31.5 Å². The minimum absolute atomic E-state index is 0.272. The number of ketones is 1. The van der Waals surface area contributed by atoms with Crippen LogP contribution in [-0.2, 0) is 0 Å². The first kappa shape index (κ1) is 13.1. The van der Waals surface area contributed by atoms with Crippen LogP contribution in [0.1, 0.15) is 49.4 Å². The molecule has 1 saturated carbocycles. The van der Waals surface area contributed by atoms with Gasteiger partial charge in [-0.15, -0.1) is 0 Å². The van der Waals surface area contributed by atoms with Gasteiger partial charge in [0.25, 0.3) is 0 Å². The highest BCUT2D eigenvalue weighted by atomic mass is 127. The molecule has 0 aromatic heterocycles. The van der Waals surface area contributed by atoms with E-state index in [-0.39, 0.29) is 5.92 Å². The Bertz CT molecular complexity index is 392. The van der Waals surface area contributed by atoms with Gasteiger partial charge >= 0.3 is 0 Å². The molecule has 92 valence electrons. The van der Waals surface area contributed by atoms with E-state index in [1.54, 1.807) is 0 Å². The molecular formula is C15H19IO. The van der Waals surface area contributed by atoms with Crippen LogP contribution in [0.4, 0.5) is 0 Å². The smallest absolute Gasteiger partial charge is 0.167 e. The monoisotopic (exact) mass is 342 g/mol. The predicted octanol–water partition coefficient (Wildman–Crippen LogP) is 4.69. The van der Waals surface area contributed by atoms with Gasteiger partial charge in [0, 0.05) is 15.1 Å². The number of halogens is 1. The number of hydrogen-bond donors (Lipinski definition) is 0. The minimum atomic E-state index is 0.272. The number of benzene rings is 1. The van der Waals surface area contributed by atoms with Gasteiger partial charge < -0.3 is 0 Å². The SMILES string of the molecule is CCC1CCC(C(=O)c2ccccc2I)CC1. The van der Waals surface area contributed by atoms with E-state index in [1.807, 2.05) is 24.3 Å². The topological polar surface area (TPSA) is 17.1 Å². The molecule has 0 amide bonds. The van der Waals surface area contributed by atoms with Crippen LogP contribution in [0.3, 0.4) is 0 Å². The minimum Gasteiger partial charge on any atom is -0.294 e. The first-order chi connectivity index (χ1) is 8.22. The average molecular weight is 342 g/mol. The summed E-state index contributed by atoms with van der Waals surface area (Å²) in [6, 6.07) is 7.95. The van der Waals surface area contributed by atoms with E-state index in [2.05, 4.69) is 29.5 Å². The van der Waals surface area contributed by atoms with Crippen molar-refractivity contribution in [2.45, 2.75) is 39.0 Å². The average Bonchev–Trinajstić information content (AvgIpc) is 2.39. The van der Waals surface area contributed by atoms with E-state index in [0.717, 1.165) is 27.9 Å². The van der Waals surface area contributed by atoms with Gasteiger partial charge in [-0.3, -0.25) is 4.79 Å². The van der Waals surface area contributed by atoms with Crippen molar-refractivity contribution in [1.29, 1.82) is 0 Å². The molecule has 1 nitrogen and oxygen atoms in total. The van der Waals surface area contributed by atoms with E-state index in [1.165, 1.54) is 19.3 Å². The van der Waals surface area contributed by atoms with Gasteiger partial charge in [-0.05, 0) is 60.3 Å². The summed E-state index contributed by atoms with van der Waals surface area (Å²) in [7, 11) is 0. The largest absolute Gasteiger partial charge is 0.294 e. The van der Waals surface area contributed by atoms with Crippen LogP contribution in [0, 0.1) is 15.4 Å². The fraction of sp³-hybridized carbons (Fsp3) is 0.533. The van der Waals surface area contributed by atoms with E-state index >= 15 is 0 Å². The van der Waals surface area contributed by atoms with Gasteiger partial charge in [-0.2, -0.15) is 0 Å². The molecule has 2 heteroatoms. The van der Waals surface area contributed by atoms with E-state index in [9.17, 15) is 4.79 Å². The Morgan fingerprint density at radius 2 is 1.88 bits per heavy atom. The summed E-state index contributed by atoms with van der Waals surface area (Å²) in [5.41, 5.74) is 0.924. The summed E-state index contributed by atoms with van der Waals surface area (Å²) in [6.07, 6.45) is 5.90. The Kier molecular flexibility index (Phi) is 4.60. The maximum Gasteiger partial charge on any atom is 0.167 e. The number of hydrogen-bond acceptors (Lipinski definition) is 1. The second kappa shape index (κ2) is 5.98. The van der Waals surface area contributed by atoms with Gasteiger partial charge in [0.05, 0.1) is 0 Å². The second-order valence-electron chi connectivity index (χ2n) is 4.97. The van der Waals surface area contributed by atoms with Crippen LogP contribution in [0.25, 0.3) is 0 Å². The summed E-state index contributed by atoms with van der Waals surface area (Å²) in [6.45, 7) is 2.26. The first-order valence-electron chi connectivity index (χ1n) is 6.51. The highest BCUT2D eigenvalue weighted by Crippen LogP contribution is 2.33. The summed E-state index contributed by atoms with van der Waals surface area (Å²) in [4.78, 5) is 12.4. The van der Waals surface area contributed by atoms with E-state index < -0.39 is 0 Å². The Morgan fingerprint density at radius 3 is 2.47 bits per heavy atom. The number of carbonyl (C=O) groups excluding carboxylic acids is 1. The molecule has 0 atom stereocenters. The number of rotatable bonds is 3. The lowest BCUT2D eigenvalue weighted by Crippen LogP contribution is -2.22. The fourth-order valence-electron chi connectivity index (χ4n) is 2.71. The molecule has 0 spiro atoms. The highest BCUT2D eigenvalue weighted by Gasteiger charge is 2.26. The van der Waals surface area contributed by atoms with Crippen LogP contribution in [-0.4, -0.2) is 5.78 Å². The maximum absolute atomic E-state index is 12.4. The van der Waals surface area contributed by atoms with Crippen LogP contribution in [0.15, 0.2) is 24.3 Å². The molecule has 1 aliphatic carbocycles. The molecule has 2 rings (SSSR count). The van der Waals surface area contributed by atoms with Gasteiger partial charge in [0.1, 0.15) is 0 Å². The summed E-state index contributed by atoms with van der Waals surface area (Å²) in [5.74, 6) is 1.49. The summed E-state index contributed by atoms with van der Waals surface area (Å²) < 4.78 is 1.09. The van der Waals surface area contributed by atoms with Crippen molar-refractivity contribution in [3.63, 3.8) is 0 Å². The van der Waals surface area contributed by atoms with Crippen molar-refractivity contribution in [3.05, 3.63) is 33.4 Å². The molecule has 0 unspecified atom stereocenters. The molecule has 1 aromatic carbocycles. The zero-order valence-electron chi connectivity index (χ0n) is 10.3. The third-order valence-electron chi connectivity index (χ3n) is 3.93. The van der Waals surface area contributed by atoms with Crippen LogP contribution < -0.4 is 0 Å². The lowest BCUT2D eigenvalue weighted by molar-refractivity contribution is 0.0870. The van der Waals surface area contributed by atoms with Crippen LogP contribution in [0.5, 0.6) is 0 Å². The molecule has 1 aliphatic rings. The zero-order valence-corrected chi connectivity index (χ0v) is 12.4. The highest BCUT2D eigenvalue weighted by molar-refractivity contribution is 14.1. The molecule has 0 heterocycles. The fourth-order valence-corrected chi connectivity index (χ4v) is 3.37. The normalized spacial score (nSPS) is 24.6. The molecule has 1 aromatic rings. The molecule has 17 heavy (non-hydrogen) atoms. The van der Waals surface area contributed by atoms with E-state index in [0.29, 0.717) is 5.78 Å². The maximum atomic E-state index is 12.4. The molecule has 0 aliphatic heterocycles.